The minimum atomic E-state index is -0.803. The molecule has 0 aromatic carbocycles. The molecule has 1 saturated heterocycles. The third kappa shape index (κ3) is 2.83. The van der Waals surface area contributed by atoms with Crippen LogP contribution >= 0.6 is 0 Å². The Labute approximate surface area is 108 Å². The molecule has 0 bridgehead atoms. The van der Waals surface area contributed by atoms with Crippen molar-refractivity contribution in [2.75, 3.05) is 26.7 Å². The molecule has 1 rings (SSSR count). The van der Waals surface area contributed by atoms with Crippen molar-refractivity contribution in [2.24, 2.45) is 5.41 Å². The Balaban J connectivity index is 2.69. The van der Waals surface area contributed by atoms with Crippen molar-refractivity contribution in [2.45, 2.75) is 26.7 Å². The van der Waals surface area contributed by atoms with Gasteiger partial charge in [0.15, 0.2) is 0 Å². The zero-order chi connectivity index (χ0) is 13.9. The number of carboxylic acids is 1. The molecular weight excluding hydrogens is 232 g/mol. The van der Waals surface area contributed by atoms with Crippen LogP contribution in [0.15, 0.2) is 12.2 Å². The molecule has 2 amide bonds. The number of urea groups is 1. The average Bonchev–Trinajstić information content (AvgIpc) is 2.72. The summed E-state index contributed by atoms with van der Waals surface area (Å²) in [6.07, 6.45) is 1.09. The molecule has 1 atom stereocenters. The van der Waals surface area contributed by atoms with Gasteiger partial charge in [-0.05, 0) is 19.8 Å². The van der Waals surface area contributed by atoms with Gasteiger partial charge in [-0.15, -0.1) is 0 Å². The lowest BCUT2D eigenvalue weighted by Gasteiger charge is -2.27. The smallest absolute Gasteiger partial charge is 0.320 e. The van der Waals surface area contributed by atoms with E-state index < -0.39 is 11.4 Å². The van der Waals surface area contributed by atoms with Gasteiger partial charge in [-0.25, -0.2) is 4.79 Å². The van der Waals surface area contributed by atoms with Gasteiger partial charge in [0.2, 0.25) is 0 Å². The van der Waals surface area contributed by atoms with Gasteiger partial charge < -0.3 is 14.9 Å². The zero-order valence-corrected chi connectivity index (χ0v) is 11.4. The Bertz CT molecular complexity index is 367. The van der Waals surface area contributed by atoms with Crippen LogP contribution in [0.3, 0.4) is 0 Å². The maximum Gasteiger partial charge on any atom is 0.320 e. The van der Waals surface area contributed by atoms with Gasteiger partial charge in [0.25, 0.3) is 0 Å². The van der Waals surface area contributed by atoms with Crippen molar-refractivity contribution in [1.29, 1.82) is 0 Å². The van der Waals surface area contributed by atoms with Gasteiger partial charge in [-0.1, -0.05) is 19.1 Å². The molecule has 1 aliphatic heterocycles. The standard InChI is InChI=1S/C13H22N2O3/c1-5-13(11(16)17)6-7-15(9-13)12(18)14(4)8-10(2)3/h2,5-9H2,1,3-4H3,(H,16,17). The summed E-state index contributed by atoms with van der Waals surface area (Å²) in [6, 6.07) is -0.116. The molecule has 1 N–H and O–H groups in total. The van der Waals surface area contributed by atoms with Crippen LogP contribution in [0.4, 0.5) is 4.79 Å². The molecule has 0 aliphatic carbocycles. The highest BCUT2D eigenvalue weighted by Gasteiger charge is 2.45. The minimum Gasteiger partial charge on any atom is -0.481 e. The van der Waals surface area contributed by atoms with Gasteiger partial charge in [0, 0.05) is 26.7 Å². The number of aliphatic carboxylic acids is 1. The molecule has 0 radical (unpaired) electrons. The molecule has 0 spiro atoms. The first-order chi connectivity index (χ1) is 8.32. The van der Waals surface area contributed by atoms with Gasteiger partial charge in [0.1, 0.15) is 0 Å². The van der Waals surface area contributed by atoms with Crippen molar-refractivity contribution in [1.82, 2.24) is 9.80 Å². The van der Waals surface area contributed by atoms with Crippen molar-refractivity contribution < 1.29 is 14.7 Å². The number of hydrogen-bond donors (Lipinski definition) is 1. The van der Waals surface area contributed by atoms with Gasteiger partial charge in [0.05, 0.1) is 5.41 Å². The first-order valence-corrected chi connectivity index (χ1v) is 6.20. The highest BCUT2D eigenvalue weighted by molar-refractivity contribution is 5.79. The number of carbonyl (C=O) groups is 2. The van der Waals surface area contributed by atoms with Crippen molar-refractivity contribution in [3.05, 3.63) is 12.2 Å². The van der Waals surface area contributed by atoms with E-state index in [0.717, 1.165) is 5.57 Å². The van der Waals surface area contributed by atoms with Crippen LogP contribution in [-0.4, -0.2) is 53.6 Å². The maximum atomic E-state index is 12.1. The summed E-state index contributed by atoms with van der Waals surface area (Å²) < 4.78 is 0. The Morgan fingerprint density at radius 2 is 2.11 bits per heavy atom. The van der Waals surface area contributed by atoms with Crippen molar-refractivity contribution in [3.8, 4) is 0 Å². The fourth-order valence-corrected chi connectivity index (χ4v) is 2.36. The maximum absolute atomic E-state index is 12.1. The van der Waals surface area contributed by atoms with Crippen LogP contribution in [0.1, 0.15) is 26.7 Å². The predicted molar refractivity (Wildman–Crippen MR) is 69.4 cm³/mol. The predicted octanol–water partition coefficient (Wildman–Crippen LogP) is 1.80. The van der Waals surface area contributed by atoms with E-state index >= 15 is 0 Å². The molecule has 1 aliphatic rings. The summed E-state index contributed by atoms with van der Waals surface area (Å²) in [5, 5.41) is 9.28. The summed E-state index contributed by atoms with van der Waals surface area (Å²) in [5.74, 6) is -0.803. The monoisotopic (exact) mass is 254 g/mol. The molecule has 102 valence electrons. The molecule has 1 heterocycles. The number of amides is 2. The third-order valence-electron chi connectivity index (χ3n) is 3.59. The second kappa shape index (κ2) is 5.42. The molecule has 0 saturated carbocycles. The fraction of sp³-hybridized carbons (Fsp3) is 0.692. The van der Waals surface area contributed by atoms with Crippen LogP contribution in [-0.2, 0) is 4.79 Å². The van der Waals surface area contributed by atoms with Crippen LogP contribution in [0, 0.1) is 5.41 Å². The van der Waals surface area contributed by atoms with Crippen LogP contribution < -0.4 is 0 Å². The molecular formula is C13H22N2O3. The topological polar surface area (TPSA) is 60.9 Å². The molecule has 0 aromatic heterocycles. The van der Waals surface area contributed by atoms with E-state index in [0.29, 0.717) is 32.5 Å². The van der Waals surface area contributed by atoms with Crippen molar-refractivity contribution in [3.63, 3.8) is 0 Å². The summed E-state index contributed by atoms with van der Waals surface area (Å²) >= 11 is 0. The second-order valence-corrected chi connectivity index (χ2v) is 5.21. The summed E-state index contributed by atoms with van der Waals surface area (Å²) in [7, 11) is 1.71. The van der Waals surface area contributed by atoms with Crippen molar-refractivity contribution >= 4 is 12.0 Å². The van der Waals surface area contributed by atoms with E-state index in [9.17, 15) is 14.7 Å². The van der Waals surface area contributed by atoms with E-state index in [4.69, 9.17) is 0 Å². The van der Waals surface area contributed by atoms with E-state index in [2.05, 4.69) is 6.58 Å². The molecule has 5 heteroatoms. The number of carboxylic acid groups (broad SMARTS) is 1. The first-order valence-electron chi connectivity index (χ1n) is 6.20. The van der Waals surface area contributed by atoms with Crippen LogP contribution in [0.2, 0.25) is 0 Å². The fourth-order valence-electron chi connectivity index (χ4n) is 2.36. The van der Waals surface area contributed by atoms with Gasteiger partial charge in [-0.2, -0.15) is 0 Å². The number of carbonyl (C=O) groups excluding carboxylic acids is 1. The molecule has 18 heavy (non-hydrogen) atoms. The van der Waals surface area contributed by atoms with Gasteiger partial charge in [-0.3, -0.25) is 4.79 Å². The van der Waals surface area contributed by atoms with Crippen LogP contribution in [0.25, 0.3) is 0 Å². The Morgan fingerprint density at radius 1 is 1.50 bits per heavy atom. The SMILES string of the molecule is C=C(C)CN(C)C(=O)N1CCC(CC)(C(=O)O)C1. The minimum absolute atomic E-state index is 0.116. The third-order valence-corrected chi connectivity index (χ3v) is 3.59. The lowest BCUT2D eigenvalue weighted by atomic mass is 9.84. The second-order valence-electron chi connectivity index (χ2n) is 5.21. The number of rotatable bonds is 4. The van der Waals surface area contributed by atoms with E-state index in [-0.39, 0.29) is 6.03 Å². The highest BCUT2D eigenvalue weighted by atomic mass is 16.4. The first kappa shape index (κ1) is 14.5. The number of likely N-dealkylation sites (N-methyl/N-ethyl adjacent to an activating group) is 1. The Hall–Kier alpha value is -1.52. The summed E-state index contributed by atoms with van der Waals surface area (Å²) in [4.78, 5) is 26.6. The molecule has 1 unspecified atom stereocenters. The van der Waals surface area contributed by atoms with E-state index in [1.54, 1.807) is 16.8 Å². The van der Waals surface area contributed by atoms with E-state index in [1.165, 1.54) is 0 Å². The Morgan fingerprint density at radius 3 is 2.50 bits per heavy atom. The molecule has 5 nitrogen and oxygen atoms in total. The summed E-state index contributed by atoms with van der Waals surface area (Å²) in [5.41, 5.74) is 0.143. The highest BCUT2D eigenvalue weighted by Crippen LogP contribution is 2.34. The number of nitrogens with zero attached hydrogens (tertiary/aromatic N) is 2. The van der Waals surface area contributed by atoms with Gasteiger partial charge >= 0.3 is 12.0 Å². The number of hydrogen-bond acceptors (Lipinski definition) is 2. The Kier molecular flexibility index (Phi) is 4.38. The zero-order valence-electron chi connectivity index (χ0n) is 11.4. The lowest BCUT2D eigenvalue weighted by molar-refractivity contribution is -0.148. The van der Waals surface area contributed by atoms with E-state index in [1.807, 2.05) is 13.8 Å². The average molecular weight is 254 g/mol. The molecule has 1 fully saturated rings. The quantitative estimate of drug-likeness (QED) is 0.778. The molecule has 0 aromatic rings. The normalized spacial score (nSPS) is 22.9. The summed E-state index contributed by atoms with van der Waals surface area (Å²) in [6.45, 7) is 8.81. The lowest BCUT2D eigenvalue weighted by Crippen LogP contribution is -2.42. The van der Waals surface area contributed by atoms with Crippen LogP contribution in [0.5, 0.6) is 0 Å². The largest absolute Gasteiger partial charge is 0.481 e. The number of likely N-dealkylation sites (tertiary alicyclic amines) is 1.